The largest absolute Gasteiger partial charge is 0.376 e. The number of rotatable bonds is 10. The molecule has 0 aromatic heterocycles. The molecule has 1 amide bonds. The number of hydrogen-bond donors (Lipinski definition) is 2. The van der Waals surface area contributed by atoms with Gasteiger partial charge in [-0.2, -0.15) is 0 Å². The quantitative estimate of drug-likeness (QED) is 0.591. The van der Waals surface area contributed by atoms with Gasteiger partial charge in [0, 0.05) is 6.61 Å². The summed E-state index contributed by atoms with van der Waals surface area (Å²) < 4.78 is 5.78. The number of amides is 1. The molecule has 0 aliphatic rings. The summed E-state index contributed by atoms with van der Waals surface area (Å²) in [6, 6.07) is 0. The molecule has 0 aromatic carbocycles. The van der Waals surface area contributed by atoms with Gasteiger partial charge in [0.15, 0.2) is 0 Å². The standard InChI is InChI=1S/C14H30N2O2/c1-6-10-16-14(5,12(15)17)9-8-11-18-13(3,4)7-2/h16H,6-11H2,1-5H3,(H2,15,17). The molecule has 0 fully saturated rings. The zero-order chi connectivity index (χ0) is 14.2. The lowest BCUT2D eigenvalue weighted by atomic mass is 9.95. The minimum Gasteiger partial charge on any atom is -0.376 e. The van der Waals surface area contributed by atoms with Crippen molar-refractivity contribution in [2.45, 2.75) is 71.4 Å². The Morgan fingerprint density at radius 2 is 1.89 bits per heavy atom. The molecule has 1 atom stereocenters. The number of carbonyl (C=O) groups excluding carboxylic acids is 1. The number of primary amides is 1. The number of nitrogens with one attached hydrogen (secondary N) is 1. The number of ether oxygens (including phenoxy) is 1. The first-order chi connectivity index (χ1) is 8.27. The van der Waals surface area contributed by atoms with Crippen LogP contribution in [0.25, 0.3) is 0 Å². The van der Waals surface area contributed by atoms with Crippen LogP contribution < -0.4 is 11.1 Å². The molecule has 0 saturated heterocycles. The van der Waals surface area contributed by atoms with Crippen LogP contribution in [0.3, 0.4) is 0 Å². The average Bonchev–Trinajstić information content (AvgIpc) is 2.32. The summed E-state index contributed by atoms with van der Waals surface area (Å²) in [4.78, 5) is 11.5. The summed E-state index contributed by atoms with van der Waals surface area (Å²) in [7, 11) is 0. The van der Waals surface area contributed by atoms with Crippen molar-refractivity contribution in [2.75, 3.05) is 13.2 Å². The molecule has 0 aliphatic carbocycles. The molecular formula is C14H30N2O2. The Bertz CT molecular complexity index is 254. The zero-order valence-corrected chi connectivity index (χ0v) is 12.6. The summed E-state index contributed by atoms with van der Waals surface area (Å²) in [5.74, 6) is -0.286. The average molecular weight is 258 g/mol. The molecule has 0 heterocycles. The Hall–Kier alpha value is -0.610. The first kappa shape index (κ1) is 17.4. The molecule has 18 heavy (non-hydrogen) atoms. The highest BCUT2D eigenvalue weighted by atomic mass is 16.5. The molecule has 1 unspecified atom stereocenters. The lowest BCUT2D eigenvalue weighted by Crippen LogP contribution is -2.53. The van der Waals surface area contributed by atoms with E-state index < -0.39 is 5.54 Å². The van der Waals surface area contributed by atoms with E-state index in [-0.39, 0.29) is 11.5 Å². The molecular weight excluding hydrogens is 228 g/mol. The van der Waals surface area contributed by atoms with Gasteiger partial charge in [0.05, 0.1) is 11.1 Å². The lowest BCUT2D eigenvalue weighted by Gasteiger charge is -2.29. The summed E-state index contributed by atoms with van der Waals surface area (Å²) in [5.41, 5.74) is 4.76. The highest BCUT2D eigenvalue weighted by Crippen LogP contribution is 2.17. The highest BCUT2D eigenvalue weighted by molar-refractivity contribution is 5.84. The van der Waals surface area contributed by atoms with E-state index in [1.54, 1.807) is 0 Å². The maximum atomic E-state index is 11.5. The minimum absolute atomic E-state index is 0.0834. The summed E-state index contributed by atoms with van der Waals surface area (Å²) in [6.45, 7) is 11.7. The van der Waals surface area contributed by atoms with E-state index in [1.807, 2.05) is 6.92 Å². The summed E-state index contributed by atoms with van der Waals surface area (Å²) in [6.07, 6.45) is 3.51. The van der Waals surface area contributed by atoms with Gasteiger partial charge in [-0.05, 0) is 53.0 Å². The third kappa shape index (κ3) is 6.36. The first-order valence-corrected chi connectivity index (χ1v) is 6.96. The van der Waals surface area contributed by atoms with Gasteiger partial charge in [0.1, 0.15) is 0 Å². The van der Waals surface area contributed by atoms with Gasteiger partial charge in [0.25, 0.3) is 0 Å². The van der Waals surface area contributed by atoms with E-state index in [9.17, 15) is 4.79 Å². The second-order valence-corrected chi connectivity index (χ2v) is 5.69. The van der Waals surface area contributed by atoms with Gasteiger partial charge in [0.2, 0.25) is 5.91 Å². The monoisotopic (exact) mass is 258 g/mol. The zero-order valence-electron chi connectivity index (χ0n) is 12.6. The Balaban J connectivity index is 4.09. The number of hydrogen-bond acceptors (Lipinski definition) is 3. The number of carbonyl (C=O) groups is 1. The fourth-order valence-corrected chi connectivity index (χ4v) is 1.58. The lowest BCUT2D eigenvalue weighted by molar-refractivity contribution is -0.124. The van der Waals surface area contributed by atoms with Crippen molar-refractivity contribution >= 4 is 5.91 Å². The molecule has 0 rings (SSSR count). The molecule has 108 valence electrons. The van der Waals surface area contributed by atoms with Crippen LogP contribution >= 0.6 is 0 Å². The molecule has 3 N–H and O–H groups in total. The van der Waals surface area contributed by atoms with Gasteiger partial charge in [-0.25, -0.2) is 0 Å². The van der Waals surface area contributed by atoms with Gasteiger partial charge < -0.3 is 15.8 Å². The van der Waals surface area contributed by atoms with Gasteiger partial charge >= 0.3 is 0 Å². The van der Waals surface area contributed by atoms with Crippen LogP contribution in [0.1, 0.15) is 60.3 Å². The predicted molar refractivity (Wildman–Crippen MR) is 75.4 cm³/mol. The Labute approximate surface area is 112 Å². The normalized spacial score (nSPS) is 15.4. The SMILES string of the molecule is CCCNC(C)(CCCOC(C)(C)CC)C(N)=O. The Morgan fingerprint density at radius 3 is 2.33 bits per heavy atom. The van der Waals surface area contributed by atoms with E-state index in [0.29, 0.717) is 13.0 Å². The van der Waals surface area contributed by atoms with E-state index in [2.05, 4.69) is 33.0 Å². The number of nitrogens with two attached hydrogens (primary N) is 1. The molecule has 0 spiro atoms. The third-order valence-electron chi connectivity index (χ3n) is 3.47. The van der Waals surface area contributed by atoms with Crippen LogP contribution in [0.5, 0.6) is 0 Å². The molecule has 0 aliphatic heterocycles. The second-order valence-electron chi connectivity index (χ2n) is 5.69. The van der Waals surface area contributed by atoms with Crippen molar-refractivity contribution in [3.8, 4) is 0 Å². The van der Waals surface area contributed by atoms with Crippen molar-refractivity contribution in [1.29, 1.82) is 0 Å². The van der Waals surface area contributed by atoms with Crippen molar-refractivity contribution in [1.82, 2.24) is 5.32 Å². The minimum atomic E-state index is -0.615. The molecule has 0 bridgehead atoms. The van der Waals surface area contributed by atoms with Crippen molar-refractivity contribution < 1.29 is 9.53 Å². The van der Waals surface area contributed by atoms with E-state index in [4.69, 9.17) is 10.5 Å². The highest BCUT2D eigenvalue weighted by Gasteiger charge is 2.29. The van der Waals surface area contributed by atoms with Crippen LogP contribution in [-0.4, -0.2) is 30.2 Å². The van der Waals surface area contributed by atoms with Gasteiger partial charge in [-0.15, -0.1) is 0 Å². The predicted octanol–water partition coefficient (Wildman–Crippen LogP) is 2.22. The van der Waals surface area contributed by atoms with E-state index >= 15 is 0 Å². The van der Waals surface area contributed by atoms with Crippen molar-refractivity contribution in [3.05, 3.63) is 0 Å². The van der Waals surface area contributed by atoms with Crippen LogP contribution in [0.4, 0.5) is 0 Å². The smallest absolute Gasteiger partial charge is 0.237 e. The van der Waals surface area contributed by atoms with Crippen LogP contribution in [0.2, 0.25) is 0 Å². The fraction of sp³-hybridized carbons (Fsp3) is 0.929. The van der Waals surface area contributed by atoms with Crippen LogP contribution in [-0.2, 0) is 9.53 Å². The Morgan fingerprint density at radius 1 is 1.28 bits per heavy atom. The second kappa shape index (κ2) is 7.74. The molecule has 4 heteroatoms. The topological polar surface area (TPSA) is 64.3 Å². The maximum absolute atomic E-state index is 11.5. The molecule has 4 nitrogen and oxygen atoms in total. The maximum Gasteiger partial charge on any atom is 0.237 e. The van der Waals surface area contributed by atoms with E-state index in [1.165, 1.54) is 0 Å². The van der Waals surface area contributed by atoms with Gasteiger partial charge in [-0.3, -0.25) is 4.79 Å². The van der Waals surface area contributed by atoms with Crippen LogP contribution in [0, 0.1) is 0 Å². The van der Waals surface area contributed by atoms with Gasteiger partial charge in [-0.1, -0.05) is 13.8 Å². The molecule has 0 saturated carbocycles. The van der Waals surface area contributed by atoms with Crippen LogP contribution in [0.15, 0.2) is 0 Å². The first-order valence-electron chi connectivity index (χ1n) is 6.96. The van der Waals surface area contributed by atoms with Crippen molar-refractivity contribution in [2.24, 2.45) is 5.73 Å². The summed E-state index contributed by atoms with van der Waals surface area (Å²) in [5, 5.41) is 3.23. The Kier molecular flexibility index (Phi) is 7.48. The third-order valence-corrected chi connectivity index (χ3v) is 3.47. The van der Waals surface area contributed by atoms with Crippen molar-refractivity contribution in [3.63, 3.8) is 0 Å². The fourth-order valence-electron chi connectivity index (χ4n) is 1.58. The molecule has 0 radical (unpaired) electrons. The van der Waals surface area contributed by atoms with E-state index in [0.717, 1.165) is 25.8 Å². The molecule has 0 aromatic rings. The summed E-state index contributed by atoms with van der Waals surface area (Å²) >= 11 is 0.